The van der Waals surface area contributed by atoms with Crippen molar-refractivity contribution in [1.82, 2.24) is 0 Å². The molecule has 0 saturated carbocycles. The topological polar surface area (TPSA) is 46.5 Å². The number of hydrogen-bond donors (Lipinski definition) is 1. The Hall–Kier alpha value is -0.830. The molecule has 0 saturated heterocycles. The molecule has 0 spiro atoms. The third-order valence-electron chi connectivity index (χ3n) is 3.28. The monoisotopic (exact) mass is 270 g/mol. The summed E-state index contributed by atoms with van der Waals surface area (Å²) < 4.78 is 4.60. The van der Waals surface area contributed by atoms with Gasteiger partial charge in [-0.3, -0.25) is 4.79 Å². The largest absolute Gasteiger partial charge is 0.469 e. The van der Waals surface area contributed by atoms with E-state index in [1.807, 2.05) is 0 Å². The average Bonchev–Trinajstić information content (AvgIpc) is 2.42. The van der Waals surface area contributed by atoms with Crippen LogP contribution in [-0.2, 0) is 9.53 Å². The van der Waals surface area contributed by atoms with Gasteiger partial charge in [0.1, 0.15) is 0 Å². The first-order valence-electron chi connectivity index (χ1n) is 7.54. The second-order valence-corrected chi connectivity index (χ2v) is 5.11. The highest BCUT2D eigenvalue weighted by molar-refractivity contribution is 5.68. The molecule has 0 unspecified atom stereocenters. The maximum Gasteiger partial charge on any atom is 0.305 e. The molecule has 19 heavy (non-hydrogen) atoms. The molecule has 0 fully saturated rings. The molecule has 0 aromatic carbocycles. The Kier molecular flexibility index (Phi) is 13.0. The SMILES string of the molecule is COC(=O)CCCCC=C(C)CCCCCCCO. The minimum absolute atomic E-state index is 0.108. The predicted octanol–water partition coefficient (Wildman–Crippen LogP) is 4.00. The number of unbranched alkanes of at least 4 members (excludes halogenated alkanes) is 6. The molecular weight excluding hydrogens is 240 g/mol. The van der Waals surface area contributed by atoms with E-state index < -0.39 is 0 Å². The second kappa shape index (κ2) is 13.6. The van der Waals surface area contributed by atoms with Gasteiger partial charge in [0.05, 0.1) is 7.11 Å². The molecule has 0 aliphatic carbocycles. The van der Waals surface area contributed by atoms with E-state index in [0.29, 0.717) is 13.0 Å². The molecule has 0 amide bonds. The van der Waals surface area contributed by atoms with Crippen molar-refractivity contribution < 1.29 is 14.6 Å². The van der Waals surface area contributed by atoms with Crippen molar-refractivity contribution in [2.75, 3.05) is 13.7 Å². The van der Waals surface area contributed by atoms with E-state index in [0.717, 1.165) is 32.1 Å². The van der Waals surface area contributed by atoms with Gasteiger partial charge in [-0.05, 0) is 45.4 Å². The highest BCUT2D eigenvalue weighted by Crippen LogP contribution is 2.12. The minimum atomic E-state index is -0.108. The summed E-state index contributed by atoms with van der Waals surface area (Å²) in [5.41, 5.74) is 1.46. The first-order valence-corrected chi connectivity index (χ1v) is 7.54. The molecule has 112 valence electrons. The van der Waals surface area contributed by atoms with Crippen molar-refractivity contribution in [3.8, 4) is 0 Å². The van der Waals surface area contributed by atoms with Crippen LogP contribution >= 0.6 is 0 Å². The quantitative estimate of drug-likeness (QED) is 0.331. The minimum Gasteiger partial charge on any atom is -0.469 e. The van der Waals surface area contributed by atoms with E-state index in [9.17, 15) is 4.79 Å². The van der Waals surface area contributed by atoms with Gasteiger partial charge in [0, 0.05) is 13.0 Å². The number of allylic oxidation sites excluding steroid dienone is 2. The summed E-state index contributed by atoms with van der Waals surface area (Å²) in [7, 11) is 1.44. The Morgan fingerprint density at radius 1 is 1.00 bits per heavy atom. The molecule has 0 aromatic rings. The van der Waals surface area contributed by atoms with E-state index in [2.05, 4.69) is 17.7 Å². The molecule has 0 aliphatic rings. The van der Waals surface area contributed by atoms with Crippen molar-refractivity contribution in [3.63, 3.8) is 0 Å². The number of aliphatic hydroxyl groups excluding tert-OH is 1. The summed E-state index contributed by atoms with van der Waals surface area (Å²) in [6.45, 7) is 2.51. The molecular formula is C16H30O3. The lowest BCUT2D eigenvalue weighted by Crippen LogP contribution is -1.98. The summed E-state index contributed by atoms with van der Waals surface area (Å²) >= 11 is 0. The van der Waals surface area contributed by atoms with Crippen molar-refractivity contribution >= 4 is 5.97 Å². The number of ether oxygens (including phenoxy) is 1. The standard InChI is InChI=1S/C16H30O3/c1-15(11-7-4-3-5-10-14-17)12-8-6-9-13-16(18)19-2/h12,17H,3-11,13-14H2,1-2H3. The number of methoxy groups -OCH3 is 1. The Balaban J connectivity index is 3.37. The first-order chi connectivity index (χ1) is 9.20. The lowest BCUT2D eigenvalue weighted by molar-refractivity contribution is -0.140. The van der Waals surface area contributed by atoms with Gasteiger partial charge in [-0.1, -0.05) is 30.9 Å². The average molecular weight is 270 g/mol. The van der Waals surface area contributed by atoms with Gasteiger partial charge < -0.3 is 9.84 Å². The van der Waals surface area contributed by atoms with E-state index >= 15 is 0 Å². The molecule has 1 N–H and O–H groups in total. The predicted molar refractivity (Wildman–Crippen MR) is 79.0 cm³/mol. The fourth-order valence-corrected chi connectivity index (χ4v) is 2.01. The van der Waals surface area contributed by atoms with Gasteiger partial charge in [-0.2, -0.15) is 0 Å². The highest BCUT2D eigenvalue weighted by Gasteiger charge is 1.98. The van der Waals surface area contributed by atoms with E-state index in [-0.39, 0.29) is 5.97 Å². The molecule has 0 radical (unpaired) electrons. The highest BCUT2D eigenvalue weighted by atomic mass is 16.5. The number of aliphatic hydroxyl groups is 1. The van der Waals surface area contributed by atoms with Crippen LogP contribution in [-0.4, -0.2) is 24.8 Å². The van der Waals surface area contributed by atoms with Crippen LogP contribution in [0.15, 0.2) is 11.6 Å². The molecule has 0 aliphatic heterocycles. The maximum absolute atomic E-state index is 10.9. The van der Waals surface area contributed by atoms with Crippen LogP contribution in [0.4, 0.5) is 0 Å². The number of carbonyl (C=O) groups is 1. The zero-order chi connectivity index (χ0) is 14.3. The molecule has 0 heterocycles. The smallest absolute Gasteiger partial charge is 0.305 e. The number of esters is 1. The second-order valence-electron chi connectivity index (χ2n) is 5.11. The normalized spacial score (nSPS) is 11.6. The van der Waals surface area contributed by atoms with E-state index in [1.165, 1.54) is 38.4 Å². The molecule has 0 aromatic heterocycles. The van der Waals surface area contributed by atoms with Crippen LogP contribution in [0.3, 0.4) is 0 Å². The first kappa shape index (κ1) is 18.2. The van der Waals surface area contributed by atoms with E-state index in [4.69, 9.17) is 5.11 Å². The maximum atomic E-state index is 10.9. The van der Waals surface area contributed by atoms with Gasteiger partial charge in [-0.25, -0.2) is 0 Å². The number of carbonyl (C=O) groups excluding carboxylic acids is 1. The number of rotatable bonds is 12. The van der Waals surface area contributed by atoms with Gasteiger partial charge in [0.2, 0.25) is 0 Å². The number of hydrogen-bond acceptors (Lipinski definition) is 3. The van der Waals surface area contributed by atoms with Gasteiger partial charge in [0.25, 0.3) is 0 Å². The molecule has 0 atom stereocenters. The summed E-state index contributed by atoms with van der Waals surface area (Å²) in [4.78, 5) is 10.9. The van der Waals surface area contributed by atoms with Crippen LogP contribution in [0.1, 0.15) is 71.1 Å². The Morgan fingerprint density at radius 2 is 1.63 bits per heavy atom. The van der Waals surface area contributed by atoms with Crippen LogP contribution < -0.4 is 0 Å². The summed E-state index contributed by atoms with van der Waals surface area (Å²) in [6.07, 6.45) is 12.9. The summed E-state index contributed by atoms with van der Waals surface area (Å²) in [5, 5.41) is 8.66. The van der Waals surface area contributed by atoms with Crippen LogP contribution in [0.2, 0.25) is 0 Å². The third-order valence-corrected chi connectivity index (χ3v) is 3.28. The van der Waals surface area contributed by atoms with Crippen LogP contribution in [0.5, 0.6) is 0 Å². The van der Waals surface area contributed by atoms with Crippen LogP contribution in [0.25, 0.3) is 0 Å². The third kappa shape index (κ3) is 13.4. The lowest BCUT2D eigenvalue weighted by Gasteiger charge is -2.02. The Bertz CT molecular complexity index is 246. The van der Waals surface area contributed by atoms with Crippen LogP contribution in [0, 0.1) is 0 Å². The Morgan fingerprint density at radius 3 is 2.32 bits per heavy atom. The fraction of sp³-hybridized carbons (Fsp3) is 0.812. The molecule has 0 rings (SSSR count). The van der Waals surface area contributed by atoms with Gasteiger partial charge >= 0.3 is 5.97 Å². The van der Waals surface area contributed by atoms with Crippen molar-refractivity contribution in [3.05, 3.63) is 11.6 Å². The van der Waals surface area contributed by atoms with E-state index in [1.54, 1.807) is 0 Å². The van der Waals surface area contributed by atoms with Gasteiger partial charge in [0.15, 0.2) is 0 Å². The molecule has 0 bridgehead atoms. The zero-order valence-corrected chi connectivity index (χ0v) is 12.6. The molecule has 3 heteroatoms. The zero-order valence-electron chi connectivity index (χ0n) is 12.6. The summed E-state index contributed by atoms with van der Waals surface area (Å²) in [6, 6.07) is 0. The lowest BCUT2D eigenvalue weighted by atomic mass is 10.0. The summed E-state index contributed by atoms with van der Waals surface area (Å²) in [5.74, 6) is -0.108. The molecule has 3 nitrogen and oxygen atoms in total. The van der Waals surface area contributed by atoms with Crippen molar-refractivity contribution in [1.29, 1.82) is 0 Å². The fourth-order valence-electron chi connectivity index (χ4n) is 2.01. The van der Waals surface area contributed by atoms with Gasteiger partial charge in [-0.15, -0.1) is 0 Å². The van der Waals surface area contributed by atoms with Crippen molar-refractivity contribution in [2.45, 2.75) is 71.1 Å². The van der Waals surface area contributed by atoms with Crippen molar-refractivity contribution in [2.24, 2.45) is 0 Å². The Labute approximate surface area is 118 Å².